The molecule has 71 heavy (non-hydrogen) atoms. The van der Waals surface area contributed by atoms with Gasteiger partial charge in [0.2, 0.25) is 23.1 Å². The predicted octanol–water partition coefficient (Wildman–Crippen LogP) is 12.2. The van der Waals surface area contributed by atoms with Gasteiger partial charge in [-0.05, 0) is 36.0 Å². The van der Waals surface area contributed by atoms with E-state index in [1.807, 2.05) is 89.2 Å². The van der Waals surface area contributed by atoms with Crippen molar-refractivity contribution >= 4 is 40.5 Å². The Morgan fingerprint density at radius 2 is 1.25 bits per heavy atom. The number of H-pyrrole nitrogens is 1. The van der Waals surface area contributed by atoms with Crippen molar-refractivity contribution in [3.05, 3.63) is 98.4 Å². The molecule has 0 bridgehead atoms. The van der Waals surface area contributed by atoms with Crippen LogP contribution in [0.2, 0.25) is 0 Å². The highest BCUT2D eigenvalue weighted by molar-refractivity contribution is 7.10. The Bertz CT molecular complexity index is 2170. The smallest absolute Gasteiger partial charge is 0.240 e. The van der Waals surface area contributed by atoms with Crippen LogP contribution in [0.5, 0.6) is 23.0 Å². The summed E-state index contributed by atoms with van der Waals surface area (Å²) in [7, 11) is 3.28. The summed E-state index contributed by atoms with van der Waals surface area (Å²) in [5.74, 6) is 6.23. The Kier molecular flexibility index (Phi) is 38.8. The van der Waals surface area contributed by atoms with Gasteiger partial charge in [-0.2, -0.15) is 14.5 Å². The Balaban J connectivity index is -0.000000361. The summed E-state index contributed by atoms with van der Waals surface area (Å²) in [5, 5.41) is 50.7. The van der Waals surface area contributed by atoms with Crippen molar-refractivity contribution < 1.29 is 43.7 Å². The summed E-state index contributed by atoms with van der Waals surface area (Å²) in [5.41, 5.74) is 3.63. The van der Waals surface area contributed by atoms with Crippen molar-refractivity contribution in [2.75, 3.05) is 14.1 Å². The van der Waals surface area contributed by atoms with E-state index in [-0.39, 0.29) is 61.3 Å². The third kappa shape index (κ3) is 31.6. The number of aliphatic imine (C=N–C) groups is 1. The van der Waals surface area contributed by atoms with Gasteiger partial charge in [0, 0.05) is 71.5 Å². The number of hydrogen-bond acceptors (Lipinski definition) is 17. The molecule has 6 rings (SSSR count). The molecular weight excluding hydrogens is 949 g/mol. The zero-order valence-corrected chi connectivity index (χ0v) is 45.4. The molecule has 404 valence electrons. The van der Waals surface area contributed by atoms with E-state index in [1.165, 1.54) is 35.3 Å². The third-order valence-corrected chi connectivity index (χ3v) is 10.4. The number of hydroxylamine groups is 1. The lowest BCUT2D eigenvalue weighted by molar-refractivity contribution is -0.124. The van der Waals surface area contributed by atoms with E-state index in [0.29, 0.717) is 52.5 Å². The fourth-order valence-electron chi connectivity index (χ4n) is 4.36. The topological polar surface area (TPSA) is 271 Å². The minimum atomic E-state index is -0.341. The van der Waals surface area contributed by atoms with Gasteiger partial charge in [-0.25, -0.2) is 10.5 Å². The molecule has 20 heteroatoms. The average molecular weight is 1040 g/mol. The monoisotopic (exact) mass is 1040 g/mol. The number of aromatic amines is 1. The Morgan fingerprint density at radius 1 is 0.690 bits per heavy atom. The molecule has 0 aromatic carbocycles. The SMILES string of the molecule is C.C.C=C1N=C(C(C)C)NO1.CC(C)c1cc(O)co1.CC(C)c1cc(O)cs1.CC(C)c1cocc(O)c1=O.CC(C)c1ncn[nH]1.CC(C)c1nscc1O.CNC(=O)C(C)C.CNC(=O)C(C)C. The quantitative estimate of drug-likeness (QED) is 0.0718. The van der Waals surface area contributed by atoms with Crippen molar-refractivity contribution in [3.8, 4) is 23.0 Å². The van der Waals surface area contributed by atoms with Crippen LogP contribution in [0.4, 0.5) is 0 Å². The summed E-state index contributed by atoms with van der Waals surface area (Å²) in [6.07, 6.45) is 5.27. The molecular formula is C51H88N8O10S2. The van der Waals surface area contributed by atoms with Crippen molar-refractivity contribution in [3.63, 3.8) is 0 Å². The first-order valence-corrected chi connectivity index (χ1v) is 24.3. The van der Waals surface area contributed by atoms with Gasteiger partial charge in [-0.1, -0.05) is 126 Å². The number of carbonyl (C=O) groups is 2. The third-order valence-electron chi connectivity index (χ3n) is 8.55. The van der Waals surface area contributed by atoms with Gasteiger partial charge in [0.25, 0.3) is 0 Å². The van der Waals surface area contributed by atoms with Crippen LogP contribution < -0.4 is 21.5 Å². The molecule has 0 spiro atoms. The van der Waals surface area contributed by atoms with Crippen molar-refractivity contribution in [2.24, 2.45) is 22.7 Å². The highest BCUT2D eigenvalue weighted by Gasteiger charge is 2.12. The average Bonchev–Trinajstić information content (AvgIpc) is 4.15. The van der Waals surface area contributed by atoms with Gasteiger partial charge in [-0.3, -0.25) is 19.5 Å². The van der Waals surface area contributed by atoms with Crippen molar-refractivity contribution in [1.82, 2.24) is 35.7 Å². The minimum Gasteiger partial charge on any atom is -0.507 e. The fourth-order valence-corrected chi connectivity index (χ4v) is 5.84. The van der Waals surface area contributed by atoms with Gasteiger partial charge >= 0.3 is 0 Å². The summed E-state index contributed by atoms with van der Waals surface area (Å²) >= 11 is 2.90. The lowest BCUT2D eigenvalue weighted by Crippen LogP contribution is -2.22. The molecule has 0 aliphatic carbocycles. The van der Waals surface area contributed by atoms with Crippen molar-refractivity contribution in [1.29, 1.82) is 0 Å². The summed E-state index contributed by atoms with van der Waals surface area (Å²) in [6, 6.07) is 3.44. The predicted molar refractivity (Wildman–Crippen MR) is 291 cm³/mol. The molecule has 1 aliphatic heterocycles. The van der Waals surface area contributed by atoms with Gasteiger partial charge in [0.05, 0.1) is 17.3 Å². The number of amidine groups is 1. The van der Waals surface area contributed by atoms with Crippen LogP contribution in [0.3, 0.4) is 0 Å². The number of nitrogens with zero attached hydrogens (tertiary/aromatic N) is 4. The lowest BCUT2D eigenvalue weighted by Gasteiger charge is -2.01. The Labute approximate surface area is 431 Å². The van der Waals surface area contributed by atoms with E-state index in [4.69, 9.17) is 34.1 Å². The first kappa shape index (κ1) is 71.4. The molecule has 0 unspecified atom stereocenters. The van der Waals surface area contributed by atoms with E-state index in [0.717, 1.165) is 29.4 Å². The van der Waals surface area contributed by atoms with E-state index < -0.39 is 0 Å². The zero-order valence-electron chi connectivity index (χ0n) is 43.8. The standard InChI is InChI=1S/C8H10O3.C7H10O2.C7H10OS.C6H10N2O.C6H9NOS.C5H9N3.2C5H11NO.2CH4/c1-5(2)6-3-11-4-7(9)8(6)10;2*1-5(2)7-3-6(8)4-9-7;1-4(2)6-7-5(3)9-8-6;1-4(2)6-5(8)3-9-7-6;1-4(2)5-6-3-7-8-5;2*1-4(2)5(7)6-3;;/h3-5,9H,1-2H3;2*3-5,8H,1-2H3;4H,3H2,1-2H3,(H,7,8);3-4,8H,1-2H3;3-4H,1-2H3,(H,6,7,8);2*4H,1-3H3,(H,6,7);2*1H4. The van der Waals surface area contributed by atoms with Crippen LogP contribution in [0.1, 0.15) is 183 Å². The molecule has 0 fully saturated rings. The first-order valence-electron chi connectivity index (χ1n) is 22.6. The van der Waals surface area contributed by atoms with Crippen molar-refractivity contribution in [2.45, 2.75) is 155 Å². The zero-order chi connectivity index (χ0) is 53.6. The second kappa shape index (κ2) is 38.6. The maximum atomic E-state index is 11.1. The first-order chi connectivity index (χ1) is 32.1. The number of furan rings is 1. The molecule has 5 aromatic heterocycles. The van der Waals surface area contributed by atoms with Gasteiger partial charge in [-0.15, -0.1) is 11.3 Å². The lowest BCUT2D eigenvalue weighted by atomic mass is 10.1. The molecule has 8 N–H and O–H groups in total. The molecule has 0 saturated carbocycles. The summed E-state index contributed by atoms with van der Waals surface area (Å²) < 4.78 is 13.7. The molecule has 5 aromatic rings. The number of aromatic hydroxyl groups is 4. The number of nitrogens with one attached hydrogen (secondary N) is 4. The van der Waals surface area contributed by atoms with Crippen LogP contribution in [0.25, 0.3) is 0 Å². The normalized spacial score (nSPS) is 10.8. The second-order valence-corrected chi connectivity index (χ2v) is 19.0. The van der Waals surface area contributed by atoms with Gasteiger partial charge in [0.15, 0.2) is 11.5 Å². The van der Waals surface area contributed by atoms with Crippen LogP contribution in [-0.2, 0) is 14.4 Å². The van der Waals surface area contributed by atoms with Crippen LogP contribution in [0, 0.1) is 17.8 Å². The van der Waals surface area contributed by atoms with Crippen LogP contribution in [-0.4, -0.2) is 71.7 Å². The van der Waals surface area contributed by atoms with Crippen LogP contribution >= 0.6 is 22.9 Å². The molecule has 6 heterocycles. The van der Waals surface area contributed by atoms with E-state index in [2.05, 4.69) is 74.9 Å². The molecule has 0 saturated heterocycles. The highest BCUT2D eigenvalue weighted by Crippen LogP contribution is 2.27. The molecule has 1 aliphatic rings. The number of rotatable bonds is 8. The summed E-state index contributed by atoms with van der Waals surface area (Å²) in [4.78, 5) is 45.8. The maximum absolute atomic E-state index is 11.1. The van der Waals surface area contributed by atoms with E-state index >= 15 is 0 Å². The number of hydrogen-bond donors (Lipinski definition) is 8. The Morgan fingerprint density at radius 3 is 1.46 bits per heavy atom. The highest BCUT2D eigenvalue weighted by atomic mass is 32.1. The summed E-state index contributed by atoms with van der Waals surface area (Å²) in [6.45, 7) is 35.2. The van der Waals surface area contributed by atoms with E-state index in [9.17, 15) is 14.4 Å². The Hall–Kier alpha value is -6.15. The van der Waals surface area contributed by atoms with E-state index in [1.54, 1.807) is 42.3 Å². The minimum absolute atomic E-state index is 0. The molecule has 0 atom stereocenters. The molecule has 18 nitrogen and oxygen atoms in total. The second-order valence-electron chi connectivity index (χ2n) is 17.5. The molecule has 2 amide bonds. The molecule has 0 radical (unpaired) electrons. The fraction of sp³-hybridized carbons (Fsp3) is 0.549. The van der Waals surface area contributed by atoms with Gasteiger partial charge < -0.3 is 44.7 Å². The number of aromatic nitrogens is 4. The van der Waals surface area contributed by atoms with Crippen LogP contribution in [0.15, 0.2) is 79.1 Å². The number of thiophene rings is 1. The number of amides is 2. The van der Waals surface area contributed by atoms with Gasteiger partial charge in [0.1, 0.15) is 47.8 Å². The number of carbonyl (C=O) groups excluding carboxylic acids is 2. The maximum Gasteiger partial charge on any atom is 0.240 e. The largest absolute Gasteiger partial charge is 0.507 e.